The second-order valence-electron chi connectivity index (χ2n) is 7.08. The lowest BCUT2D eigenvalue weighted by molar-refractivity contribution is -0.0782. The number of ether oxygens (including phenoxy) is 1. The fraction of sp³-hybridized carbons (Fsp3) is 1.00. The van der Waals surface area contributed by atoms with Crippen molar-refractivity contribution >= 4 is 0 Å². The van der Waals surface area contributed by atoms with Crippen molar-refractivity contribution in [1.29, 1.82) is 0 Å². The number of likely N-dealkylation sites (N-methyl/N-ethyl adjacent to an activating group) is 1. The number of hydrogen-bond donors (Lipinski definition) is 1. The number of rotatable bonds is 5. The molecule has 1 heterocycles. The predicted octanol–water partition coefficient (Wildman–Crippen LogP) is 2.93. The van der Waals surface area contributed by atoms with E-state index in [1.165, 1.54) is 44.9 Å². The molecule has 2 rings (SSSR count). The van der Waals surface area contributed by atoms with Gasteiger partial charge in [-0.3, -0.25) is 4.90 Å². The smallest absolute Gasteiger partial charge is 0.0710 e. The van der Waals surface area contributed by atoms with Crippen molar-refractivity contribution in [3.05, 3.63) is 0 Å². The summed E-state index contributed by atoms with van der Waals surface area (Å²) in [6.07, 6.45) is 9.62. The van der Waals surface area contributed by atoms with Crippen LogP contribution in [0.4, 0.5) is 0 Å². The van der Waals surface area contributed by atoms with E-state index in [1.807, 2.05) is 0 Å². The van der Waals surface area contributed by atoms with E-state index >= 15 is 0 Å². The lowest BCUT2D eigenvalue weighted by atomic mass is 9.83. The van der Waals surface area contributed by atoms with Crippen LogP contribution in [0.1, 0.15) is 65.7 Å². The summed E-state index contributed by atoms with van der Waals surface area (Å²) < 4.78 is 6.48. The number of nitrogens with two attached hydrogens (primary N) is 1. The second-order valence-corrected chi connectivity index (χ2v) is 7.08. The molecule has 1 unspecified atom stereocenters. The number of nitrogens with zero attached hydrogens (tertiary/aromatic N) is 1. The van der Waals surface area contributed by atoms with Gasteiger partial charge in [0.15, 0.2) is 0 Å². The van der Waals surface area contributed by atoms with Gasteiger partial charge < -0.3 is 10.5 Å². The maximum Gasteiger partial charge on any atom is 0.0710 e. The summed E-state index contributed by atoms with van der Waals surface area (Å²) in [6, 6.07) is 0. The molecular weight excluding hydrogens is 236 g/mol. The lowest BCUT2D eigenvalue weighted by Gasteiger charge is -2.39. The van der Waals surface area contributed by atoms with Gasteiger partial charge in [0.1, 0.15) is 0 Å². The summed E-state index contributed by atoms with van der Waals surface area (Å²) in [5.41, 5.74) is 6.24. The molecule has 1 aliphatic heterocycles. The third-order valence-corrected chi connectivity index (χ3v) is 5.26. The van der Waals surface area contributed by atoms with Gasteiger partial charge in [-0.2, -0.15) is 0 Å². The Balaban J connectivity index is 1.90. The first-order valence-electron chi connectivity index (χ1n) is 8.14. The average molecular weight is 268 g/mol. The third kappa shape index (κ3) is 3.50. The molecule has 19 heavy (non-hydrogen) atoms. The Labute approximate surface area is 118 Å². The molecule has 0 aromatic heterocycles. The minimum Gasteiger partial charge on any atom is -0.370 e. The first-order valence-corrected chi connectivity index (χ1v) is 8.14. The molecule has 3 nitrogen and oxygen atoms in total. The van der Waals surface area contributed by atoms with Crippen LogP contribution in [0.5, 0.6) is 0 Å². The molecule has 1 aliphatic carbocycles. The highest BCUT2D eigenvalue weighted by atomic mass is 16.5. The lowest BCUT2D eigenvalue weighted by Crippen LogP contribution is -2.52. The Morgan fingerprint density at radius 1 is 1.21 bits per heavy atom. The van der Waals surface area contributed by atoms with Gasteiger partial charge >= 0.3 is 0 Å². The van der Waals surface area contributed by atoms with Gasteiger partial charge in [-0.05, 0) is 46.1 Å². The van der Waals surface area contributed by atoms with Gasteiger partial charge in [0, 0.05) is 18.6 Å². The molecule has 0 aromatic rings. The van der Waals surface area contributed by atoms with E-state index in [0.717, 1.165) is 13.1 Å². The van der Waals surface area contributed by atoms with Crippen LogP contribution in [0.2, 0.25) is 0 Å². The molecule has 0 bridgehead atoms. The van der Waals surface area contributed by atoms with E-state index in [9.17, 15) is 0 Å². The first-order chi connectivity index (χ1) is 9.01. The van der Waals surface area contributed by atoms with E-state index in [1.54, 1.807) is 0 Å². The minimum atomic E-state index is 0.0838. The zero-order valence-electron chi connectivity index (χ0n) is 13.1. The third-order valence-electron chi connectivity index (χ3n) is 5.26. The molecule has 1 saturated carbocycles. The van der Waals surface area contributed by atoms with Crippen LogP contribution in [0, 0.1) is 0 Å². The molecule has 0 radical (unpaired) electrons. The Morgan fingerprint density at radius 2 is 1.89 bits per heavy atom. The summed E-state index contributed by atoms with van der Waals surface area (Å²) >= 11 is 0. The quantitative estimate of drug-likeness (QED) is 0.833. The SMILES string of the molecule is CCN(CC1CCC2(CCCCC2)O1)C(C)(C)CN. The highest BCUT2D eigenvalue weighted by molar-refractivity contribution is 4.93. The summed E-state index contributed by atoms with van der Waals surface area (Å²) in [5.74, 6) is 0. The monoisotopic (exact) mass is 268 g/mol. The molecule has 1 saturated heterocycles. The maximum atomic E-state index is 6.48. The van der Waals surface area contributed by atoms with Crippen molar-refractivity contribution in [2.45, 2.75) is 83.0 Å². The van der Waals surface area contributed by atoms with Gasteiger partial charge in [0.05, 0.1) is 11.7 Å². The first kappa shape index (κ1) is 15.3. The van der Waals surface area contributed by atoms with Crippen LogP contribution < -0.4 is 5.73 Å². The largest absolute Gasteiger partial charge is 0.370 e. The average Bonchev–Trinajstić information content (AvgIpc) is 2.79. The minimum absolute atomic E-state index is 0.0838. The highest BCUT2D eigenvalue weighted by Crippen LogP contribution is 2.42. The van der Waals surface area contributed by atoms with Crippen molar-refractivity contribution in [2.75, 3.05) is 19.6 Å². The molecule has 112 valence electrons. The fourth-order valence-corrected chi connectivity index (χ4v) is 3.77. The van der Waals surface area contributed by atoms with Gasteiger partial charge in [0.2, 0.25) is 0 Å². The summed E-state index contributed by atoms with van der Waals surface area (Å²) in [7, 11) is 0. The number of hydrogen-bond acceptors (Lipinski definition) is 3. The van der Waals surface area contributed by atoms with Crippen LogP contribution >= 0.6 is 0 Å². The Morgan fingerprint density at radius 3 is 2.47 bits per heavy atom. The van der Waals surface area contributed by atoms with Gasteiger partial charge in [-0.1, -0.05) is 26.2 Å². The summed E-state index contributed by atoms with van der Waals surface area (Å²) in [4.78, 5) is 2.49. The topological polar surface area (TPSA) is 38.5 Å². The van der Waals surface area contributed by atoms with E-state index in [2.05, 4.69) is 25.7 Å². The normalized spacial score (nSPS) is 27.3. The van der Waals surface area contributed by atoms with Gasteiger partial charge in [-0.25, -0.2) is 0 Å². The van der Waals surface area contributed by atoms with Crippen molar-refractivity contribution < 1.29 is 4.74 Å². The van der Waals surface area contributed by atoms with Crippen molar-refractivity contribution in [1.82, 2.24) is 4.90 Å². The Hall–Kier alpha value is -0.120. The summed E-state index contributed by atoms with van der Waals surface area (Å²) in [5, 5.41) is 0. The van der Waals surface area contributed by atoms with Crippen molar-refractivity contribution in [2.24, 2.45) is 5.73 Å². The van der Waals surface area contributed by atoms with E-state index < -0.39 is 0 Å². The zero-order valence-corrected chi connectivity index (χ0v) is 13.1. The Bertz CT molecular complexity index is 284. The van der Waals surface area contributed by atoms with Crippen LogP contribution in [-0.4, -0.2) is 41.8 Å². The molecule has 1 spiro atoms. The van der Waals surface area contributed by atoms with E-state index in [0.29, 0.717) is 12.6 Å². The highest BCUT2D eigenvalue weighted by Gasteiger charge is 2.41. The van der Waals surface area contributed by atoms with Crippen LogP contribution in [0.3, 0.4) is 0 Å². The van der Waals surface area contributed by atoms with Crippen LogP contribution in [0.25, 0.3) is 0 Å². The zero-order chi connectivity index (χ0) is 13.9. The molecule has 2 fully saturated rings. The van der Waals surface area contributed by atoms with Gasteiger partial charge in [-0.15, -0.1) is 0 Å². The molecule has 1 atom stereocenters. The standard InChI is InChI=1S/C16H32N2O/c1-4-18(15(2,3)13-17)12-14-8-11-16(19-14)9-6-5-7-10-16/h14H,4-13,17H2,1-3H3. The predicted molar refractivity (Wildman–Crippen MR) is 80.3 cm³/mol. The van der Waals surface area contributed by atoms with Crippen LogP contribution in [-0.2, 0) is 4.74 Å². The molecule has 0 amide bonds. The fourth-order valence-electron chi connectivity index (χ4n) is 3.77. The molecule has 2 N–H and O–H groups in total. The van der Waals surface area contributed by atoms with Crippen LogP contribution in [0.15, 0.2) is 0 Å². The molecular formula is C16H32N2O. The molecule has 0 aromatic carbocycles. The van der Waals surface area contributed by atoms with Crippen molar-refractivity contribution in [3.63, 3.8) is 0 Å². The van der Waals surface area contributed by atoms with E-state index in [4.69, 9.17) is 10.5 Å². The van der Waals surface area contributed by atoms with Gasteiger partial charge in [0.25, 0.3) is 0 Å². The Kier molecular flexibility index (Phi) is 4.91. The maximum absolute atomic E-state index is 6.48. The summed E-state index contributed by atoms with van der Waals surface area (Å²) in [6.45, 7) is 9.50. The van der Waals surface area contributed by atoms with Crippen molar-refractivity contribution in [3.8, 4) is 0 Å². The molecule has 2 aliphatic rings. The second kappa shape index (κ2) is 6.11. The van der Waals surface area contributed by atoms with E-state index in [-0.39, 0.29) is 11.1 Å². The molecule has 3 heteroatoms.